The van der Waals surface area contributed by atoms with E-state index in [0.29, 0.717) is 5.95 Å². The van der Waals surface area contributed by atoms with Gasteiger partial charge in [-0.05, 0) is 64.8 Å². The van der Waals surface area contributed by atoms with Crippen LogP contribution in [-0.2, 0) is 6.42 Å². The quantitative estimate of drug-likeness (QED) is 0.295. The maximum Gasteiger partial charge on any atom is 0.229 e. The van der Waals surface area contributed by atoms with Crippen molar-refractivity contribution in [3.8, 4) is 0 Å². The summed E-state index contributed by atoms with van der Waals surface area (Å²) in [6.45, 7) is 2.66. The van der Waals surface area contributed by atoms with Crippen LogP contribution in [0.1, 0.15) is 17.7 Å². The number of pyridine rings is 1. The molecule has 0 aliphatic carbocycles. The van der Waals surface area contributed by atoms with Crippen LogP contribution in [0.25, 0.3) is 16.5 Å². The Kier molecular flexibility index (Phi) is 6.13. The van der Waals surface area contributed by atoms with Crippen molar-refractivity contribution < 1.29 is 0 Å². The number of anilines is 3. The van der Waals surface area contributed by atoms with Gasteiger partial charge in [-0.2, -0.15) is 4.98 Å². The zero-order valence-electron chi connectivity index (χ0n) is 17.5. The third-order valence-electron chi connectivity index (χ3n) is 5.49. The lowest BCUT2D eigenvalue weighted by Gasteiger charge is -2.14. The Morgan fingerprint density at radius 3 is 2.94 bits per heavy atom. The molecule has 1 aromatic carbocycles. The van der Waals surface area contributed by atoms with Crippen LogP contribution in [0.4, 0.5) is 17.5 Å². The molecule has 0 saturated carbocycles. The summed E-state index contributed by atoms with van der Waals surface area (Å²) < 4.78 is 0.824. The fourth-order valence-corrected chi connectivity index (χ4v) is 4.20. The molecule has 4 N–H and O–H groups in total. The van der Waals surface area contributed by atoms with Crippen LogP contribution in [0.3, 0.4) is 0 Å². The molecule has 1 aliphatic rings. The first kappa shape index (κ1) is 20.7. The molecule has 8 heteroatoms. The molecule has 5 rings (SSSR count). The molecule has 4 aromatic rings. The molecule has 0 atom stereocenters. The Morgan fingerprint density at radius 1 is 1.12 bits per heavy atom. The van der Waals surface area contributed by atoms with Crippen LogP contribution < -0.4 is 16.0 Å². The van der Waals surface area contributed by atoms with E-state index in [-0.39, 0.29) is 0 Å². The molecule has 0 radical (unpaired) electrons. The highest BCUT2D eigenvalue weighted by Crippen LogP contribution is 2.31. The lowest BCUT2D eigenvalue weighted by molar-refractivity contribution is 0.739. The minimum Gasteiger partial charge on any atom is -0.369 e. The maximum absolute atomic E-state index is 4.65. The van der Waals surface area contributed by atoms with E-state index in [2.05, 4.69) is 76.2 Å². The van der Waals surface area contributed by atoms with E-state index in [1.807, 2.05) is 30.5 Å². The number of hydrogen-bond acceptors (Lipinski definition) is 6. The van der Waals surface area contributed by atoms with Crippen molar-refractivity contribution >= 4 is 49.9 Å². The topological polar surface area (TPSA) is 90.5 Å². The Hall–Kier alpha value is -3.23. The summed E-state index contributed by atoms with van der Waals surface area (Å²) in [7, 11) is 0. The lowest BCUT2D eigenvalue weighted by atomic mass is 9.99. The molecule has 0 saturated heterocycles. The van der Waals surface area contributed by atoms with Gasteiger partial charge in [-0.15, -0.1) is 0 Å². The number of H-pyrrole nitrogens is 1. The minimum absolute atomic E-state index is 0.547. The van der Waals surface area contributed by atoms with Crippen LogP contribution in [0.5, 0.6) is 0 Å². The first-order valence-corrected chi connectivity index (χ1v) is 11.5. The average molecular weight is 490 g/mol. The maximum atomic E-state index is 4.65. The van der Waals surface area contributed by atoms with Gasteiger partial charge in [0.1, 0.15) is 5.82 Å². The number of rotatable bonds is 7. The highest BCUT2D eigenvalue weighted by atomic mass is 79.9. The summed E-state index contributed by atoms with van der Waals surface area (Å²) in [5, 5.41) is 11.3. The molecule has 0 bridgehead atoms. The van der Waals surface area contributed by atoms with Gasteiger partial charge in [-0.25, -0.2) is 4.98 Å². The highest BCUT2D eigenvalue weighted by molar-refractivity contribution is 9.10. The number of aromatic amines is 1. The van der Waals surface area contributed by atoms with Crippen LogP contribution in [0, 0.1) is 0 Å². The molecule has 3 aromatic heterocycles. The standard InChI is InChI=1S/C24H24BrN7/c25-21-15-30-24(32-23(21)28-12-8-17-3-1-2-9-27-17)31-18-4-5-22-19(13-18)20(14-29-22)16-6-10-26-11-7-16/h1-6,9,13-15,26,29H,7-8,10-12H2,(H2,28,30,31,32). The Morgan fingerprint density at radius 2 is 2.09 bits per heavy atom. The average Bonchev–Trinajstić information content (AvgIpc) is 3.26. The summed E-state index contributed by atoms with van der Waals surface area (Å²) >= 11 is 3.54. The molecule has 0 unspecified atom stereocenters. The molecular formula is C24H24BrN7. The van der Waals surface area contributed by atoms with Gasteiger partial charge in [-0.3, -0.25) is 4.98 Å². The summed E-state index contributed by atoms with van der Waals surface area (Å²) in [6.07, 6.45) is 9.80. The number of nitrogens with zero attached hydrogens (tertiary/aromatic N) is 3. The molecule has 4 heterocycles. The Labute approximate surface area is 194 Å². The third kappa shape index (κ3) is 4.66. The number of fused-ring (bicyclic) bond motifs is 1. The summed E-state index contributed by atoms with van der Waals surface area (Å²) in [4.78, 5) is 16.8. The molecule has 32 heavy (non-hydrogen) atoms. The normalized spacial score (nSPS) is 13.7. The smallest absolute Gasteiger partial charge is 0.229 e. The van der Waals surface area contributed by atoms with Gasteiger partial charge in [-0.1, -0.05) is 12.1 Å². The fourth-order valence-electron chi connectivity index (χ4n) is 3.87. The summed E-state index contributed by atoms with van der Waals surface area (Å²) in [6, 6.07) is 12.2. The molecule has 0 fully saturated rings. The van der Waals surface area contributed by atoms with Crippen molar-refractivity contribution in [3.63, 3.8) is 0 Å². The molecule has 7 nitrogen and oxygen atoms in total. The fraction of sp³-hybridized carbons (Fsp3) is 0.208. The predicted molar refractivity (Wildman–Crippen MR) is 133 cm³/mol. The lowest BCUT2D eigenvalue weighted by Crippen LogP contribution is -2.19. The number of nitrogens with one attached hydrogen (secondary N) is 4. The summed E-state index contributed by atoms with van der Waals surface area (Å²) in [5.41, 5.74) is 5.77. The van der Waals surface area contributed by atoms with Crippen molar-refractivity contribution in [1.82, 2.24) is 25.3 Å². The van der Waals surface area contributed by atoms with Crippen molar-refractivity contribution in [2.75, 3.05) is 30.3 Å². The Bertz CT molecular complexity index is 1250. The van der Waals surface area contributed by atoms with Gasteiger partial charge < -0.3 is 20.9 Å². The van der Waals surface area contributed by atoms with E-state index in [1.54, 1.807) is 6.20 Å². The number of halogens is 1. The van der Waals surface area contributed by atoms with Gasteiger partial charge in [0.25, 0.3) is 0 Å². The van der Waals surface area contributed by atoms with Crippen molar-refractivity contribution in [1.29, 1.82) is 0 Å². The van der Waals surface area contributed by atoms with E-state index in [1.165, 1.54) is 16.5 Å². The largest absolute Gasteiger partial charge is 0.369 e. The molecular weight excluding hydrogens is 466 g/mol. The van der Waals surface area contributed by atoms with E-state index < -0.39 is 0 Å². The third-order valence-corrected chi connectivity index (χ3v) is 6.07. The van der Waals surface area contributed by atoms with Crippen LogP contribution in [-0.4, -0.2) is 39.6 Å². The van der Waals surface area contributed by atoms with E-state index in [0.717, 1.165) is 59.7 Å². The van der Waals surface area contributed by atoms with Gasteiger partial charge in [0.2, 0.25) is 5.95 Å². The predicted octanol–water partition coefficient (Wildman–Crippen LogP) is 4.89. The second-order valence-corrected chi connectivity index (χ2v) is 8.51. The molecule has 0 amide bonds. The zero-order chi connectivity index (χ0) is 21.8. The molecule has 162 valence electrons. The molecule has 0 spiro atoms. The first-order chi connectivity index (χ1) is 15.8. The van der Waals surface area contributed by atoms with E-state index >= 15 is 0 Å². The monoisotopic (exact) mass is 489 g/mol. The van der Waals surface area contributed by atoms with Crippen LogP contribution >= 0.6 is 15.9 Å². The van der Waals surface area contributed by atoms with E-state index in [9.17, 15) is 0 Å². The Balaban J connectivity index is 1.32. The van der Waals surface area contributed by atoms with Crippen molar-refractivity contribution in [3.05, 3.63) is 76.8 Å². The van der Waals surface area contributed by atoms with Gasteiger partial charge in [0, 0.05) is 65.9 Å². The molecule has 1 aliphatic heterocycles. The first-order valence-electron chi connectivity index (χ1n) is 10.7. The van der Waals surface area contributed by atoms with Crippen molar-refractivity contribution in [2.24, 2.45) is 0 Å². The number of aromatic nitrogens is 4. The van der Waals surface area contributed by atoms with Crippen molar-refractivity contribution in [2.45, 2.75) is 12.8 Å². The second-order valence-electron chi connectivity index (χ2n) is 7.66. The van der Waals surface area contributed by atoms with Crippen LogP contribution in [0.2, 0.25) is 0 Å². The van der Waals surface area contributed by atoms with E-state index in [4.69, 9.17) is 0 Å². The highest BCUT2D eigenvalue weighted by Gasteiger charge is 2.12. The SMILES string of the molecule is Brc1cnc(Nc2ccc3[nH]cc(C4=CCNCC4)c3c2)nc1NCCc1ccccn1. The minimum atomic E-state index is 0.547. The van der Waals surface area contributed by atoms with Gasteiger partial charge in [0.15, 0.2) is 0 Å². The van der Waals surface area contributed by atoms with Crippen LogP contribution in [0.15, 0.2) is 65.5 Å². The van der Waals surface area contributed by atoms with Gasteiger partial charge >= 0.3 is 0 Å². The summed E-state index contributed by atoms with van der Waals surface area (Å²) in [5.74, 6) is 1.30. The second kappa shape index (κ2) is 9.50. The number of hydrogen-bond donors (Lipinski definition) is 4. The van der Waals surface area contributed by atoms with Gasteiger partial charge in [0.05, 0.1) is 4.47 Å². The zero-order valence-corrected chi connectivity index (χ0v) is 19.1. The number of benzene rings is 1.